The number of hydrogen-bond acceptors (Lipinski definition) is 3. The van der Waals surface area contributed by atoms with Gasteiger partial charge < -0.3 is 15.9 Å². The number of carbonyl (C=O) groups excluding carboxylic acids is 1. The Balaban J connectivity index is 1.38. The molecule has 3 fully saturated rings. The van der Waals surface area contributed by atoms with Gasteiger partial charge in [-0.1, -0.05) is 24.4 Å². The Labute approximate surface area is 133 Å². The Bertz CT molecular complexity index is 432. The zero-order valence-electron chi connectivity index (χ0n) is 13.6. The maximum absolute atomic E-state index is 12.0. The molecule has 0 aromatic heterocycles. The molecule has 22 heavy (non-hydrogen) atoms. The Morgan fingerprint density at radius 2 is 2.05 bits per heavy atom. The number of nitrogens with zero attached hydrogens (tertiary/aromatic N) is 1. The minimum absolute atomic E-state index is 0.0292. The second-order valence-electron chi connectivity index (χ2n) is 7.47. The van der Waals surface area contributed by atoms with Gasteiger partial charge in [0, 0.05) is 12.0 Å². The average Bonchev–Trinajstić information content (AvgIpc) is 3.23. The van der Waals surface area contributed by atoms with E-state index in [1.807, 2.05) is 0 Å². The lowest BCUT2D eigenvalue weighted by Gasteiger charge is -2.28. The number of oxime groups is 1. The van der Waals surface area contributed by atoms with Gasteiger partial charge >= 0.3 is 0 Å². The van der Waals surface area contributed by atoms with E-state index in [2.05, 4.69) is 17.4 Å². The number of hydrogen-bond donors (Lipinski definition) is 2. The second-order valence-corrected chi connectivity index (χ2v) is 7.47. The van der Waals surface area contributed by atoms with Gasteiger partial charge in [0.15, 0.2) is 6.61 Å². The molecule has 0 heterocycles. The molecule has 0 saturated heterocycles. The lowest BCUT2D eigenvalue weighted by molar-refractivity contribution is -0.126. The fourth-order valence-electron chi connectivity index (χ4n) is 4.77. The summed E-state index contributed by atoms with van der Waals surface area (Å²) in [5.74, 6) is 3.18. The van der Waals surface area contributed by atoms with Crippen molar-refractivity contribution in [2.75, 3.05) is 6.61 Å². The number of nitrogens with two attached hydrogens (primary N) is 1. The molecule has 0 radical (unpaired) electrons. The number of rotatable bonds is 6. The maximum Gasteiger partial charge on any atom is 0.260 e. The first-order valence-electron chi connectivity index (χ1n) is 8.88. The quantitative estimate of drug-likeness (QED) is 0.449. The summed E-state index contributed by atoms with van der Waals surface area (Å²) in [4.78, 5) is 17.1. The average molecular weight is 307 g/mol. The van der Waals surface area contributed by atoms with Crippen LogP contribution in [-0.2, 0) is 9.63 Å². The number of fused-ring (bicyclic) bond motifs is 2. The van der Waals surface area contributed by atoms with E-state index >= 15 is 0 Å². The fourth-order valence-corrected chi connectivity index (χ4v) is 4.77. The summed E-state index contributed by atoms with van der Waals surface area (Å²) in [5.41, 5.74) is 5.90. The van der Waals surface area contributed by atoms with Crippen LogP contribution >= 0.6 is 0 Å². The molecule has 3 aliphatic rings. The Kier molecular flexibility index (Phi) is 4.89. The number of nitrogens with one attached hydrogen (secondary N) is 1. The predicted octanol–water partition coefficient (Wildman–Crippen LogP) is 2.41. The molecule has 0 aromatic rings. The number of amides is 1. The summed E-state index contributed by atoms with van der Waals surface area (Å²) in [5, 5.41) is 7.00. The van der Waals surface area contributed by atoms with Gasteiger partial charge in [0.05, 0.1) is 0 Å². The van der Waals surface area contributed by atoms with E-state index in [9.17, 15) is 4.79 Å². The van der Waals surface area contributed by atoms with Crippen molar-refractivity contribution in [3.05, 3.63) is 0 Å². The van der Waals surface area contributed by atoms with Gasteiger partial charge in [0.25, 0.3) is 5.91 Å². The molecule has 0 aromatic carbocycles. The van der Waals surface area contributed by atoms with Crippen LogP contribution in [0, 0.1) is 23.7 Å². The van der Waals surface area contributed by atoms with Crippen molar-refractivity contribution in [2.24, 2.45) is 34.6 Å². The molecule has 1 amide bonds. The van der Waals surface area contributed by atoms with E-state index < -0.39 is 0 Å². The van der Waals surface area contributed by atoms with Gasteiger partial charge in [-0.05, 0) is 56.8 Å². The summed E-state index contributed by atoms with van der Waals surface area (Å²) >= 11 is 0. The Morgan fingerprint density at radius 1 is 1.27 bits per heavy atom. The summed E-state index contributed by atoms with van der Waals surface area (Å²) < 4.78 is 0. The van der Waals surface area contributed by atoms with Crippen LogP contribution in [0.25, 0.3) is 0 Å². The molecule has 124 valence electrons. The van der Waals surface area contributed by atoms with Gasteiger partial charge in [0.1, 0.15) is 5.84 Å². The van der Waals surface area contributed by atoms with E-state index in [1.54, 1.807) is 0 Å². The molecule has 4 atom stereocenters. The molecule has 3 rings (SSSR count). The largest absolute Gasteiger partial charge is 0.384 e. The monoisotopic (exact) mass is 307 g/mol. The van der Waals surface area contributed by atoms with Crippen molar-refractivity contribution in [2.45, 2.75) is 64.3 Å². The lowest BCUT2D eigenvalue weighted by Crippen LogP contribution is -2.41. The molecule has 5 nitrogen and oxygen atoms in total. The lowest BCUT2D eigenvalue weighted by atomic mass is 9.84. The molecule has 0 spiro atoms. The van der Waals surface area contributed by atoms with Gasteiger partial charge in [0.2, 0.25) is 0 Å². The summed E-state index contributed by atoms with van der Waals surface area (Å²) in [6.07, 6.45) is 9.97. The van der Waals surface area contributed by atoms with Crippen LogP contribution in [0.4, 0.5) is 0 Å². The zero-order valence-corrected chi connectivity index (χ0v) is 13.6. The molecule has 5 heteroatoms. The molecule has 0 aliphatic heterocycles. The first-order chi connectivity index (χ1) is 10.6. The summed E-state index contributed by atoms with van der Waals surface area (Å²) in [6, 6.07) is 0.238. The van der Waals surface area contributed by atoms with Gasteiger partial charge in [-0.3, -0.25) is 4.79 Å². The van der Waals surface area contributed by atoms with Crippen molar-refractivity contribution in [1.29, 1.82) is 0 Å². The fraction of sp³-hybridized carbons (Fsp3) is 0.882. The molecule has 0 unspecified atom stereocenters. The Hall–Kier alpha value is -1.26. The highest BCUT2D eigenvalue weighted by Crippen LogP contribution is 2.49. The normalized spacial score (nSPS) is 33.1. The van der Waals surface area contributed by atoms with Crippen LogP contribution in [0.2, 0.25) is 0 Å². The van der Waals surface area contributed by atoms with E-state index in [0.717, 1.165) is 24.7 Å². The van der Waals surface area contributed by atoms with Gasteiger partial charge in [-0.2, -0.15) is 0 Å². The van der Waals surface area contributed by atoms with E-state index in [0.29, 0.717) is 17.7 Å². The van der Waals surface area contributed by atoms with Crippen molar-refractivity contribution in [1.82, 2.24) is 5.32 Å². The minimum atomic E-state index is -0.0850. The van der Waals surface area contributed by atoms with Crippen molar-refractivity contribution in [3.8, 4) is 0 Å². The third-order valence-electron chi connectivity index (χ3n) is 5.96. The molecular weight excluding hydrogens is 278 g/mol. The van der Waals surface area contributed by atoms with Crippen molar-refractivity contribution in [3.63, 3.8) is 0 Å². The molecule has 2 bridgehead atoms. The predicted molar refractivity (Wildman–Crippen MR) is 86.1 cm³/mol. The van der Waals surface area contributed by atoms with E-state index in [1.165, 1.54) is 38.5 Å². The SMILES string of the molecule is C[C@@H](NC(=O)CO/N=C(\N)C1CCCC1)[C@@H]1C[C@H]2CC[C@H]1C2. The van der Waals surface area contributed by atoms with Crippen LogP contribution in [0.5, 0.6) is 0 Å². The summed E-state index contributed by atoms with van der Waals surface area (Å²) in [7, 11) is 0. The smallest absolute Gasteiger partial charge is 0.260 e. The van der Waals surface area contributed by atoms with Crippen LogP contribution in [0.3, 0.4) is 0 Å². The zero-order chi connectivity index (χ0) is 15.5. The molecular formula is C17H29N3O2. The van der Waals surface area contributed by atoms with Crippen LogP contribution in [-0.4, -0.2) is 24.4 Å². The van der Waals surface area contributed by atoms with Crippen LogP contribution < -0.4 is 11.1 Å². The molecule has 3 N–H and O–H groups in total. The van der Waals surface area contributed by atoms with Gasteiger partial charge in [-0.15, -0.1) is 0 Å². The maximum atomic E-state index is 12.0. The van der Waals surface area contributed by atoms with E-state index in [-0.39, 0.29) is 18.6 Å². The second kappa shape index (κ2) is 6.88. The van der Waals surface area contributed by atoms with E-state index in [4.69, 9.17) is 10.6 Å². The topological polar surface area (TPSA) is 76.7 Å². The van der Waals surface area contributed by atoms with Crippen molar-refractivity contribution >= 4 is 11.7 Å². The third kappa shape index (κ3) is 3.55. The first kappa shape index (κ1) is 15.6. The molecule has 3 aliphatic carbocycles. The van der Waals surface area contributed by atoms with Crippen LogP contribution in [0.1, 0.15) is 58.3 Å². The third-order valence-corrected chi connectivity index (χ3v) is 5.96. The molecule has 3 saturated carbocycles. The standard InChI is InChI=1S/C17H29N3O2/c1-11(15-9-12-6-7-14(15)8-12)19-16(21)10-22-20-17(18)13-4-2-3-5-13/h11-15H,2-10H2,1H3,(H2,18,20)(H,19,21)/t11-,12+,14+,15+/m1/s1. The Morgan fingerprint density at radius 3 is 2.68 bits per heavy atom. The summed E-state index contributed by atoms with van der Waals surface area (Å²) in [6.45, 7) is 2.10. The highest BCUT2D eigenvalue weighted by molar-refractivity contribution is 5.82. The van der Waals surface area contributed by atoms with Crippen molar-refractivity contribution < 1.29 is 9.63 Å². The number of carbonyl (C=O) groups is 1. The first-order valence-corrected chi connectivity index (χ1v) is 8.88. The highest BCUT2D eigenvalue weighted by Gasteiger charge is 2.42. The van der Waals surface area contributed by atoms with Gasteiger partial charge in [-0.25, -0.2) is 0 Å². The minimum Gasteiger partial charge on any atom is -0.384 e. The number of amidine groups is 1. The highest BCUT2D eigenvalue weighted by atomic mass is 16.6. The van der Waals surface area contributed by atoms with Crippen LogP contribution in [0.15, 0.2) is 5.16 Å².